The van der Waals surface area contributed by atoms with Crippen molar-refractivity contribution in [2.24, 2.45) is 0 Å². The van der Waals surface area contributed by atoms with Gasteiger partial charge in [0, 0.05) is 30.4 Å². The van der Waals surface area contributed by atoms with E-state index in [9.17, 15) is 9.59 Å². The lowest BCUT2D eigenvalue weighted by atomic mass is 9.79. The molecule has 0 aliphatic carbocycles. The molecule has 0 spiro atoms. The van der Waals surface area contributed by atoms with Gasteiger partial charge in [-0.2, -0.15) is 0 Å². The van der Waals surface area contributed by atoms with Crippen molar-refractivity contribution in [3.8, 4) is 5.75 Å². The van der Waals surface area contributed by atoms with Crippen LogP contribution in [-0.2, 0) is 10.2 Å². The van der Waals surface area contributed by atoms with E-state index in [1.54, 1.807) is 13.1 Å². The Bertz CT molecular complexity index is 1010. The number of ketones is 1. The van der Waals surface area contributed by atoms with Crippen LogP contribution in [0.3, 0.4) is 0 Å². The van der Waals surface area contributed by atoms with Gasteiger partial charge in [-0.25, -0.2) is 4.98 Å². The molecule has 0 radical (unpaired) electrons. The van der Waals surface area contributed by atoms with Gasteiger partial charge in [0.25, 0.3) is 5.91 Å². The van der Waals surface area contributed by atoms with E-state index >= 15 is 0 Å². The third-order valence-electron chi connectivity index (χ3n) is 6.64. The maximum Gasteiger partial charge on any atom is 0.255 e. The van der Waals surface area contributed by atoms with E-state index in [0.717, 1.165) is 42.7 Å². The summed E-state index contributed by atoms with van der Waals surface area (Å²) in [5.74, 6) is 1.49. The highest BCUT2D eigenvalue weighted by Gasteiger charge is 2.30. The Morgan fingerprint density at radius 2 is 1.81 bits per heavy atom. The number of fused-ring (bicyclic) bond motifs is 1. The van der Waals surface area contributed by atoms with E-state index in [-0.39, 0.29) is 11.7 Å². The first kappa shape index (κ1) is 21.3. The number of anilines is 2. The van der Waals surface area contributed by atoms with Crippen LogP contribution < -0.4 is 9.64 Å². The van der Waals surface area contributed by atoms with Crippen LogP contribution in [0.1, 0.15) is 61.5 Å². The third-order valence-corrected chi connectivity index (χ3v) is 6.64. The normalized spacial score (nSPS) is 16.5. The van der Waals surface area contributed by atoms with Crippen LogP contribution >= 0.6 is 0 Å². The minimum Gasteiger partial charge on any atom is -0.488 e. The zero-order valence-corrected chi connectivity index (χ0v) is 18.9. The number of Topliss-reactive ketones (excluding diaryl/α,β-unsaturated/α-hetero) is 1. The number of carbonyl (C=O) groups excluding carboxylic acids is 2. The Balaban J connectivity index is 1.66. The molecule has 31 heavy (non-hydrogen) atoms. The van der Waals surface area contributed by atoms with Crippen molar-refractivity contribution in [1.82, 2.24) is 9.88 Å². The number of likely N-dealkylation sites (tertiary alicyclic amines) is 1. The second-order valence-corrected chi connectivity index (χ2v) is 9.08. The first-order chi connectivity index (χ1) is 14.8. The number of hydrogen-bond donors (Lipinski definition) is 0. The summed E-state index contributed by atoms with van der Waals surface area (Å²) in [5, 5.41) is 0. The van der Waals surface area contributed by atoms with Gasteiger partial charge in [0.05, 0.1) is 12.1 Å². The number of pyridine rings is 1. The molecule has 4 rings (SSSR count). The molecule has 2 aromatic rings. The minimum absolute atomic E-state index is 0.0246. The molecule has 0 atom stereocenters. The molecule has 1 aromatic carbocycles. The summed E-state index contributed by atoms with van der Waals surface area (Å²) in [4.78, 5) is 33.8. The van der Waals surface area contributed by atoms with Crippen LogP contribution in [0.2, 0.25) is 0 Å². The van der Waals surface area contributed by atoms with Crippen molar-refractivity contribution in [2.45, 2.75) is 52.4 Å². The van der Waals surface area contributed by atoms with Gasteiger partial charge < -0.3 is 14.5 Å². The summed E-state index contributed by atoms with van der Waals surface area (Å²) < 4.78 is 5.88. The van der Waals surface area contributed by atoms with E-state index in [2.05, 4.69) is 28.1 Å². The maximum absolute atomic E-state index is 12.9. The predicted octanol–water partition coefficient (Wildman–Crippen LogP) is 4.41. The van der Waals surface area contributed by atoms with Crippen molar-refractivity contribution in [2.75, 3.05) is 31.1 Å². The molecule has 2 aliphatic heterocycles. The lowest BCUT2D eigenvalue weighted by Crippen LogP contribution is -2.36. The number of amides is 1. The Morgan fingerprint density at radius 1 is 1.06 bits per heavy atom. The molecule has 0 bridgehead atoms. The second-order valence-electron chi connectivity index (χ2n) is 9.08. The molecule has 2 aliphatic rings. The fraction of sp³-hybridized carbons (Fsp3) is 0.480. The number of benzene rings is 1. The van der Waals surface area contributed by atoms with Gasteiger partial charge in [0.2, 0.25) is 0 Å². The van der Waals surface area contributed by atoms with E-state index in [4.69, 9.17) is 4.74 Å². The summed E-state index contributed by atoms with van der Waals surface area (Å²) >= 11 is 0. The van der Waals surface area contributed by atoms with E-state index < -0.39 is 5.41 Å². The lowest BCUT2D eigenvalue weighted by Gasteiger charge is -2.32. The topological polar surface area (TPSA) is 62.7 Å². The smallest absolute Gasteiger partial charge is 0.255 e. The highest BCUT2D eigenvalue weighted by molar-refractivity contribution is 5.95. The van der Waals surface area contributed by atoms with Gasteiger partial charge >= 0.3 is 0 Å². The Morgan fingerprint density at radius 3 is 2.52 bits per heavy atom. The number of ether oxygens (including phenoxy) is 1. The molecule has 3 heterocycles. The van der Waals surface area contributed by atoms with Crippen LogP contribution in [0.15, 0.2) is 30.5 Å². The number of piperidine rings is 1. The summed E-state index contributed by atoms with van der Waals surface area (Å²) in [5.41, 5.74) is 3.09. The molecule has 0 saturated carbocycles. The number of hydrogen-bond acceptors (Lipinski definition) is 5. The SMILES string of the molecule is CC(=O)C(C)(C)c1cc(N2CCOc3cc(C(=O)N4CCCCC4)cnc32)ccc1C. The van der Waals surface area contributed by atoms with Crippen molar-refractivity contribution in [3.63, 3.8) is 0 Å². The van der Waals surface area contributed by atoms with E-state index in [1.807, 2.05) is 31.7 Å². The molecular formula is C25H31N3O3. The average molecular weight is 422 g/mol. The van der Waals surface area contributed by atoms with Crippen molar-refractivity contribution in [1.29, 1.82) is 0 Å². The summed E-state index contributed by atoms with van der Waals surface area (Å²) in [7, 11) is 0. The third kappa shape index (κ3) is 4.03. The first-order valence-electron chi connectivity index (χ1n) is 11.1. The highest BCUT2D eigenvalue weighted by Crippen LogP contribution is 2.38. The van der Waals surface area contributed by atoms with E-state index in [0.29, 0.717) is 30.3 Å². The standard InChI is InChI=1S/C25H31N3O3/c1-17-8-9-20(15-21(17)25(3,4)18(2)29)28-12-13-31-22-14-19(16-26-23(22)28)24(30)27-10-6-5-7-11-27/h8-9,14-16H,5-7,10-13H2,1-4H3. The molecule has 1 saturated heterocycles. The second kappa shape index (κ2) is 8.33. The van der Waals surface area contributed by atoms with Crippen LogP contribution in [0, 0.1) is 6.92 Å². The number of aryl methyl sites for hydroxylation is 1. The lowest BCUT2D eigenvalue weighted by molar-refractivity contribution is -0.121. The van der Waals surface area contributed by atoms with Gasteiger partial charge in [-0.15, -0.1) is 0 Å². The molecule has 0 unspecified atom stereocenters. The molecule has 1 fully saturated rings. The molecule has 0 N–H and O–H groups in total. The average Bonchev–Trinajstić information content (AvgIpc) is 2.78. The van der Waals surface area contributed by atoms with Crippen LogP contribution in [0.25, 0.3) is 0 Å². The Labute approximate surface area is 184 Å². The summed E-state index contributed by atoms with van der Waals surface area (Å²) in [6.07, 6.45) is 4.96. The Hall–Kier alpha value is -2.89. The quantitative estimate of drug-likeness (QED) is 0.732. The van der Waals surface area contributed by atoms with Gasteiger partial charge in [0.15, 0.2) is 11.6 Å². The molecule has 1 aromatic heterocycles. The first-order valence-corrected chi connectivity index (χ1v) is 11.1. The number of carbonyl (C=O) groups is 2. The fourth-order valence-electron chi connectivity index (χ4n) is 4.39. The van der Waals surface area contributed by atoms with Crippen molar-refractivity contribution in [3.05, 3.63) is 47.2 Å². The van der Waals surface area contributed by atoms with Crippen LogP contribution in [-0.4, -0.2) is 47.8 Å². The fourth-order valence-corrected chi connectivity index (χ4v) is 4.39. The zero-order valence-electron chi connectivity index (χ0n) is 18.9. The number of aromatic nitrogens is 1. The Kier molecular flexibility index (Phi) is 5.73. The zero-order chi connectivity index (χ0) is 22.2. The predicted molar refractivity (Wildman–Crippen MR) is 121 cm³/mol. The van der Waals surface area contributed by atoms with E-state index in [1.165, 1.54) is 6.42 Å². The maximum atomic E-state index is 12.9. The van der Waals surface area contributed by atoms with Crippen LogP contribution in [0.5, 0.6) is 5.75 Å². The summed E-state index contributed by atoms with van der Waals surface area (Å²) in [6.45, 7) is 10.4. The molecular weight excluding hydrogens is 390 g/mol. The molecule has 164 valence electrons. The molecule has 6 nitrogen and oxygen atoms in total. The largest absolute Gasteiger partial charge is 0.488 e. The van der Waals surface area contributed by atoms with Gasteiger partial charge in [-0.1, -0.05) is 6.07 Å². The minimum atomic E-state index is -0.562. The highest BCUT2D eigenvalue weighted by atomic mass is 16.5. The summed E-state index contributed by atoms with van der Waals surface area (Å²) in [6, 6.07) is 8.01. The van der Waals surface area contributed by atoms with Crippen molar-refractivity contribution < 1.29 is 14.3 Å². The van der Waals surface area contributed by atoms with Gasteiger partial charge in [-0.05, 0) is 76.3 Å². The van der Waals surface area contributed by atoms with Gasteiger partial charge in [-0.3, -0.25) is 9.59 Å². The van der Waals surface area contributed by atoms with Gasteiger partial charge in [0.1, 0.15) is 12.4 Å². The molecule has 6 heteroatoms. The molecule has 1 amide bonds. The monoisotopic (exact) mass is 421 g/mol. The number of rotatable bonds is 4. The van der Waals surface area contributed by atoms with Crippen molar-refractivity contribution >= 4 is 23.2 Å². The number of nitrogens with zero attached hydrogens (tertiary/aromatic N) is 3. The van der Waals surface area contributed by atoms with Crippen LogP contribution in [0.4, 0.5) is 11.5 Å².